The van der Waals surface area contributed by atoms with Gasteiger partial charge in [0.15, 0.2) is 0 Å². The molecule has 1 aliphatic rings. The molecule has 1 aromatic heterocycles. The fourth-order valence-corrected chi connectivity index (χ4v) is 2.51. The van der Waals surface area contributed by atoms with Crippen LogP contribution < -0.4 is 5.73 Å². The van der Waals surface area contributed by atoms with Crippen molar-refractivity contribution in [2.45, 2.75) is 12.2 Å². The first kappa shape index (κ1) is 10.3. The highest BCUT2D eigenvalue weighted by Crippen LogP contribution is 2.20. The van der Waals surface area contributed by atoms with E-state index in [-0.39, 0.29) is 17.4 Å². The second kappa shape index (κ2) is 4.09. The third-order valence-electron chi connectivity index (χ3n) is 2.24. The number of nitrogen functional groups attached to an aromatic ring is 1. The van der Waals surface area contributed by atoms with E-state index in [2.05, 4.69) is 21.9 Å². The number of carbonyl (C=O) groups excluding carboxylic acids is 1. The molecule has 0 aliphatic carbocycles. The van der Waals surface area contributed by atoms with Crippen molar-refractivity contribution in [2.75, 3.05) is 24.6 Å². The van der Waals surface area contributed by atoms with E-state index in [0.717, 1.165) is 18.8 Å². The molecule has 0 saturated carbocycles. The van der Waals surface area contributed by atoms with Crippen molar-refractivity contribution in [2.24, 2.45) is 0 Å². The van der Waals surface area contributed by atoms with Crippen LogP contribution in [0.2, 0.25) is 0 Å². The van der Waals surface area contributed by atoms with Crippen LogP contribution in [-0.2, 0) is 0 Å². The zero-order valence-electron chi connectivity index (χ0n) is 8.34. The number of amides is 1. The Hall–Kier alpha value is -1.24. The Bertz CT molecular complexity index is 367. The third kappa shape index (κ3) is 2.06. The van der Waals surface area contributed by atoms with Crippen LogP contribution in [0, 0.1) is 0 Å². The van der Waals surface area contributed by atoms with Crippen LogP contribution in [0.5, 0.6) is 0 Å². The van der Waals surface area contributed by atoms with Crippen molar-refractivity contribution in [3.8, 4) is 0 Å². The number of carbonyl (C=O) groups is 1. The van der Waals surface area contributed by atoms with E-state index in [4.69, 9.17) is 5.73 Å². The van der Waals surface area contributed by atoms with Gasteiger partial charge in [-0.3, -0.25) is 4.79 Å². The Morgan fingerprint density at radius 2 is 2.47 bits per heavy atom. The second-order valence-corrected chi connectivity index (χ2v) is 4.98. The molecule has 1 aliphatic heterocycles. The maximum Gasteiger partial charge on any atom is 0.280 e. The Morgan fingerprint density at radius 1 is 1.67 bits per heavy atom. The number of anilines is 1. The fourth-order valence-electron chi connectivity index (χ4n) is 1.50. The quantitative estimate of drug-likeness (QED) is 0.740. The number of hydrogen-bond acceptors (Lipinski definition) is 6. The van der Waals surface area contributed by atoms with Gasteiger partial charge in [-0.25, -0.2) is 4.63 Å². The van der Waals surface area contributed by atoms with Gasteiger partial charge in [-0.1, -0.05) is 6.92 Å². The maximum absolute atomic E-state index is 11.9. The molecule has 1 amide bonds. The Labute approximate surface area is 91.1 Å². The first-order chi connectivity index (χ1) is 7.18. The number of nitrogens with two attached hydrogens (primary N) is 1. The molecule has 6 nitrogen and oxygen atoms in total. The zero-order chi connectivity index (χ0) is 10.8. The average molecular weight is 228 g/mol. The van der Waals surface area contributed by atoms with Crippen LogP contribution in [0.1, 0.15) is 17.4 Å². The molecule has 15 heavy (non-hydrogen) atoms. The minimum Gasteiger partial charge on any atom is -0.379 e. The minimum absolute atomic E-state index is 0.0610. The van der Waals surface area contributed by atoms with Gasteiger partial charge >= 0.3 is 0 Å². The number of rotatable bonds is 1. The van der Waals surface area contributed by atoms with Crippen LogP contribution in [0.25, 0.3) is 0 Å². The summed E-state index contributed by atoms with van der Waals surface area (Å²) in [6, 6.07) is 0. The molecule has 1 fully saturated rings. The topological polar surface area (TPSA) is 85.2 Å². The van der Waals surface area contributed by atoms with Crippen molar-refractivity contribution >= 4 is 23.5 Å². The van der Waals surface area contributed by atoms with Crippen LogP contribution in [0.3, 0.4) is 0 Å². The van der Waals surface area contributed by atoms with Gasteiger partial charge in [-0.2, -0.15) is 11.8 Å². The summed E-state index contributed by atoms with van der Waals surface area (Å²) in [4.78, 5) is 13.6. The van der Waals surface area contributed by atoms with Gasteiger partial charge in [0.25, 0.3) is 5.91 Å². The van der Waals surface area contributed by atoms with E-state index in [1.54, 1.807) is 4.90 Å². The summed E-state index contributed by atoms with van der Waals surface area (Å²) in [6.07, 6.45) is 0. The van der Waals surface area contributed by atoms with Gasteiger partial charge < -0.3 is 10.6 Å². The molecule has 2 N–H and O–H groups in total. The molecule has 7 heteroatoms. The van der Waals surface area contributed by atoms with Crippen molar-refractivity contribution in [3.05, 3.63) is 5.69 Å². The highest BCUT2D eigenvalue weighted by molar-refractivity contribution is 7.99. The molecular formula is C8H12N4O2S. The molecular weight excluding hydrogens is 216 g/mol. The standard InChI is InChI=1S/C8H12N4O2S/c1-5-4-12(2-3-15-5)8(13)6-7(9)11-14-10-6/h5H,2-4H2,1H3,(H2,9,11). The zero-order valence-corrected chi connectivity index (χ0v) is 9.16. The lowest BCUT2D eigenvalue weighted by Crippen LogP contribution is -2.41. The predicted octanol–water partition coefficient (Wildman–Crippen LogP) is 0.229. The van der Waals surface area contributed by atoms with Gasteiger partial charge in [0, 0.05) is 24.1 Å². The van der Waals surface area contributed by atoms with Crippen molar-refractivity contribution in [1.82, 2.24) is 15.2 Å². The van der Waals surface area contributed by atoms with E-state index in [9.17, 15) is 4.79 Å². The first-order valence-corrected chi connectivity index (χ1v) is 5.72. The first-order valence-electron chi connectivity index (χ1n) is 4.67. The van der Waals surface area contributed by atoms with Gasteiger partial charge in [0.05, 0.1) is 0 Å². The lowest BCUT2D eigenvalue weighted by Gasteiger charge is -2.29. The van der Waals surface area contributed by atoms with Crippen molar-refractivity contribution in [1.29, 1.82) is 0 Å². The van der Waals surface area contributed by atoms with E-state index in [1.807, 2.05) is 11.8 Å². The molecule has 1 unspecified atom stereocenters. The Morgan fingerprint density at radius 3 is 3.07 bits per heavy atom. The molecule has 2 rings (SSSR count). The Kier molecular flexibility index (Phi) is 2.81. The number of thioether (sulfide) groups is 1. The van der Waals surface area contributed by atoms with E-state index < -0.39 is 0 Å². The van der Waals surface area contributed by atoms with Crippen LogP contribution in [0.4, 0.5) is 5.82 Å². The minimum atomic E-state index is -0.194. The van der Waals surface area contributed by atoms with Gasteiger partial charge in [0.2, 0.25) is 11.5 Å². The molecule has 0 radical (unpaired) electrons. The molecule has 0 bridgehead atoms. The van der Waals surface area contributed by atoms with Gasteiger partial charge in [-0.05, 0) is 10.3 Å². The Balaban J connectivity index is 2.11. The van der Waals surface area contributed by atoms with Crippen molar-refractivity contribution < 1.29 is 9.42 Å². The van der Waals surface area contributed by atoms with Crippen molar-refractivity contribution in [3.63, 3.8) is 0 Å². The average Bonchev–Trinajstić information content (AvgIpc) is 2.63. The van der Waals surface area contributed by atoms with E-state index in [1.165, 1.54) is 0 Å². The predicted molar refractivity (Wildman–Crippen MR) is 56.5 cm³/mol. The largest absolute Gasteiger partial charge is 0.379 e. The smallest absolute Gasteiger partial charge is 0.280 e. The molecule has 1 saturated heterocycles. The molecule has 1 atom stereocenters. The SMILES string of the molecule is CC1CN(C(=O)c2nonc2N)CCS1. The fraction of sp³-hybridized carbons (Fsp3) is 0.625. The van der Waals surface area contributed by atoms with Gasteiger partial charge in [-0.15, -0.1) is 0 Å². The summed E-state index contributed by atoms with van der Waals surface area (Å²) in [5.74, 6) is 0.810. The molecule has 82 valence electrons. The lowest BCUT2D eigenvalue weighted by molar-refractivity contribution is 0.0752. The number of nitrogens with zero attached hydrogens (tertiary/aromatic N) is 3. The third-order valence-corrected chi connectivity index (χ3v) is 3.38. The highest BCUT2D eigenvalue weighted by atomic mass is 32.2. The molecule has 2 heterocycles. The van der Waals surface area contributed by atoms with Crippen LogP contribution in [-0.4, -0.2) is 45.2 Å². The maximum atomic E-state index is 11.9. The normalized spacial score (nSPS) is 21.7. The summed E-state index contributed by atoms with van der Waals surface area (Å²) in [5, 5.41) is 7.35. The lowest BCUT2D eigenvalue weighted by atomic mass is 10.3. The number of aromatic nitrogens is 2. The van der Waals surface area contributed by atoms with E-state index >= 15 is 0 Å². The van der Waals surface area contributed by atoms with Gasteiger partial charge in [0.1, 0.15) is 0 Å². The van der Waals surface area contributed by atoms with E-state index in [0.29, 0.717) is 5.25 Å². The molecule has 1 aromatic rings. The summed E-state index contributed by atoms with van der Waals surface area (Å²) in [6.45, 7) is 3.53. The molecule has 0 aromatic carbocycles. The van der Waals surface area contributed by atoms with Crippen LogP contribution in [0.15, 0.2) is 4.63 Å². The summed E-state index contributed by atoms with van der Waals surface area (Å²) < 4.78 is 4.41. The van der Waals surface area contributed by atoms with Crippen LogP contribution >= 0.6 is 11.8 Å². The summed E-state index contributed by atoms with van der Waals surface area (Å²) in [5.41, 5.74) is 5.58. The highest BCUT2D eigenvalue weighted by Gasteiger charge is 2.26. The second-order valence-electron chi connectivity index (χ2n) is 3.43. The molecule has 0 spiro atoms. The monoisotopic (exact) mass is 228 g/mol. The summed E-state index contributed by atoms with van der Waals surface area (Å²) in [7, 11) is 0. The number of hydrogen-bond donors (Lipinski definition) is 1. The summed E-state index contributed by atoms with van der Waals surface area (Å²) >= 11 is 1.86.